The maximum absolute atomic E-state index is 13.0. The molecule has 0 amide bonds. The first-order valence-corrected chi connectivity index (χ1v) is 6.92. The quantitative estimate of drug-likeness (QED) is 0.911. The van der Waals surface area contributed by atoms with Crippen LogP contribution in [0.25, 0.3) is 0 Å². The van der Waals surface area contributed by atoms with E-state index in [1.54, 1.807) is 19.2 Å². The molecular weight excluding hydrogens is 279 g/mol. The van der Waals surface area contributed by atoms with Crippen LogP contribution in [0.1, 0.15) is 36.8 Å². The molecule has 2 N–H and O–H groups in total. The lowest BCUT2D eigenvalue weighted by Gasteiger charge is -2.35. The van der Waals surface area contributed by atoms with Crippen LogP contribution in [-0.2, 0) is 6.18 Å². The number of hydrogen-bond donors (Lipinski definition) is 1. The molecule has 0 aromatic heterocycles. The SMILES string of the molecule is CN(c1ccc(C#N)c(C(F)(F)F)c1)C1CCC(N)CC1. The highest BCUT2D eigenvalue weighted by molar-refractivity contribution is 5.55. The van der Waals surface area contributed by atoms with E-state index >= 15 is 0 Å². The minimum absolute atomic E-state index is 0.193. The van der Waals surface area contributed by atoms with Crippen LogP contribution in [0.5, 0.6) is 0 Å². The Morgan fingerprint density at radius 3 is 2.38 bits per heavy atom. The highest BCUT2D eigenvalue weighted by Crippen LogP contribution is 2.35. The predicted molar refractivity (Wildman–Crippen MR) is 74.8 cm³/mol. The Morgan fingerprint density at radius 2 is 1.86 bits per heavy atom. The molecule has 0 aliphatic heterocycles. The van der Waals surface area contributed by atoms with Crippen LogP contribution in [0.15, 0.2) is 18.2 Å². The molecule has 1 aliphatic carbocycles. The highest BCUT2D eigenvalue weighted by Gasteiger charge is 2.34. The van der Waals surface area contributed by atoms with Crippen LogP contribution in [0, 0.1) is 11.3 Å². The Morgan fingerprint density at radius 1 is 1.24 bits per heavy atom. The summed E-state index contributed by atoms with van der Waals surface area (Å²) in [5.74, 6) is 0. The third-order valence-electron chi connectivity index (χ3n) is 4.13. The fourth-order valence-electron chi connectivity index (χ4n) is 2.78. The van der Waals surface area contributed by atoms with E-state index in [4.69, 9.17) is 11.0 Å². The maximum atomic E-state index is 13.0. The first-order chi connectivity index (χ1) is 9.82. The summed E-state index contributed by atoms with van der Waals surface area (Å²) in [5.41, 5.74) is 5.12. The van der Waals surface area contributed by atoms with E-state index in [-0.39, 0.29) is 17.6 Å². The second-order valence-corrected chi connectivity index (χ2v) is 5.52. The van der Waals surface area contributed by atoms with Gasteiger partial charge in [-0.1, -0.05) is 0 Å². The molecule has 114 valence electrons. The lowest BCUT2D eigenvalue weighted by molar-refractivity contribution is -0.137. The number of anilines is 1. The number of hydrogen-bond acceptors (Lipinski definition) is 3. The van der Waals surface area contributed by atoms with E-state index in [0.717, 1.165) is 31.7 Å². The minimum Gasteiger partial charge on any atom is -0.372 e. The highest BCUT2D eigenvalue weighted by atomic mass is 19.4. The van der Waals surface area contributed by atoms with Gasteiger partial charge in [-0.15, -0.1) is 0 Å². The molecule has 0 saturated heterocycles. The van der Waals surface area contributed by atoms with Gasteiger partial charge in [-0.2, -0.15) is 18.4 Å². The predicted octanol–water partition coefficient (Wildman–Crippen LogP) is 3.28. The Balaban J connectivity index is 2.26. The van der Waals surface area contributed by atoms with Crippen LogP contribution in [0.4, 0.5) is 18.9 Å². The first kappa shape index (κ1) is 15.6. The minimum atomic E-state index is -4.52. The maximum Gasteiger partial charge on any atom is 0.417 e. The second kappa shape index (κ2) is 5.94. The Kier molecular flexibility index (Phi) is 4.43. The van der Waals surface area contributed by atoms with E-state index in [9.17, 15) is 13.2 Å². The van der Waals surface area contributed by atoms with E-state index < -0.39 is 11.7 Å². The Hall–Kier alpha value is -1.74. The van der Waals surface area contributed by atoms with E-state index in [1.807, 2.05) is 4.90 Å². The lowest BCUT2D eigenvalue weighted by Crippen LogP contribution is -2.38. The molecule has 0 atom stereocenters. The van der Waals surface area contributed by atoms with Gasteiger partial charge in [0.25, 0.3) is 0 Å². The molecule has 0 heterocycles. The molecule has 6 heteroatoms. The summed E-state index contributed by atoms with van der Waals surface area (Å²) in [6.07, 6.45) is -0.996. The molecular formula is C15H18F3N3. The number of rotatable bonds is 2. The zero-order valence-electron chi connectivity index (χ0n) is 11.8. The largest absolute Gasteiger partial charge is 0.417 e. The van der Waals surface area contributed by atoms with Gasteiger partial charge in [0.2, 0.25) is 0 Å². The van der Waals surface area contributed by atoms with Crippen molar-refractivity contribution < 1.29 is 13.2 Å². The lowest BCUT2D eigenvalue weighted by atomic mass is 9.90. The third kappa shape index (κ3) is 3.48. The smallest absolute Gasteiger partial charge is 0.372 e. The van der Waals surface area contributed by atoms with Gasteiger partial charge in [0.1, 0.15) is 0 Å². The van der Waals surface area contributed by atoms with Crippen LogP contribution in [-0.4, -0.2) is 19.1 Å². The van der Waals surface area contributed by atoms with Crippen molar-refractivity contribution in [2.75, 3.05) is 11.9 Å². The average Bonchev–Trinajstić information content (AvgIpc) is 2.45. The van der Waals surface area contributed by atoms with Crippen molar-refractivity contribution in [1.29, 1.82) is 5.26 Å². The van der Waals surface area contributed by atoms with E-state index in [1.165, 1.54) is 6.07 Å². The topological polar surface area (TPSA) is 53.0 Å². The van der Waals surface area contributed by atoms with Crippen LogP contribution in [0.2, 0.25) is 0 Å². The molecule has 2 rings (SSSR count). The van der Waals surface area contributed by atoms with Crippen molar-refractivity contribution in [3.05, 3.63) is 29.3 Å². The van der Waals surface area contributed by atoms with Crippen LogP contribution < -0.4 is 10.6 Å². The number of halogens is 3. The molecule has 21 heavy (non-hydrogen) atoms. The van der Waals surface area contributed by atoms with Crippen molar-refractivity contribution in [2.45, 2.75) is 43.9 Å². The van der Waals surface area contributed by atoms with E-state index in [0.29, 0.717) is 5.69 Å². The summed E-state index contributed by atoms with van der Waals surface area (Å²) in [4.78, 5) is 1.86. The van der Waals surface area contributed by atoms with Gasteiger partial charge in [-0.05, 0) is 43.9 Å². The number of nitrogens with zero attached hydrogens (tertiary/aromatic N) is 2. The molecule has 3 nitrogen and oxygen atoms in total. The van der Waals surface area contributed by atoms with Gasteiger partial charge >= 0.3 is 6.18 Å². The fourth-order valence-corrected chi connectivity index (χ4v) is 2.78. The Labute approximate surface area is 122 Å². The van der Waals surface area contributed by atoms with Crippen molar-refractivity contribution >= 4 is 5.69 Å². The van der Waals surface area contributed by atoms with Crippen molar-refractivity contribution in [1.82, 2.24) is 0 Å². The molecule has 1 aromatic rings. The first-order valence-electron chi connectivity index (χ1n) is 6.92. The van der Waals surface area contributed by atoms with Crippen LogP contribution in [0.3, 0.4) is 0 Å². The summed E-state index contributed by atoms with van der Waals surface area (Å²) >= 11 is 0. The normalized spacial score (nSPS) is 22.7. The van der Waals surface area contributed by atoms with Gasteiger partial charge in [0, 0.05) is 24.8 Å². The van der Waals surface area contributed by atoms with Gasteiger partial charge in [0.05, 0.1) is 17.2 Å². The van der Waals surface area contributed by atoms with E-state index in [2.05, 4.69) is 0 Å². The summed E-state index contributed by atoms with van der Waals surface area (Å²) in [6.45, 7) is 0. The average molecular weight is 297 g/mol. The molecule has 1 saturated carbocycles. The van der Waals surface area contributed by atoms with Crippen LogP contribution >= 0.6 is 0 Å². The van der Waals surface area contributed by atoms with Gasteiger partial charge < -0.3 is 10.6 Å². The fraction of sp³-hybridized carbons (Fsp3) is 0.533. The van der Waals surface area contributed by atoms with Crippen molar-refractivity contribution in [3.63, 3.8) is 0 Å². The molecule has 1 fully saturated rings. The molecule has 0 radical (unpaired) electrons. The molecule has 1 aliphatic rings. The summed E-state index contributed by atoms with van der Waals surface area (Å²) in [7, 11) is 1.79. The summed E-state index contributed by atoms with van der Waals surface area (Å²) in [6, 6.07) is 5.86. The number of nitriles is 1. The summed E-state index contributed by atoms with van der Waals surface area (Å²) in [5, 5.41) is 8.81. The third-order valence-corrected chi connectivity index (χ3v) is 4.13. The van der Waals surface area contributed by atoms with Gasteiger partial charge in [-0.25, -0.2) is 0 Å². The van der Waals surface area contributed by atoms with Crippen molar-refractivity contribution in [2.24, 2.45) is 5.73 Å². The zero-order chi connectivity index (χ0) is 15.6. The van der Waals surface area contributed by atoms with Crippen molar-refractivity contribution in [3.8, 4) is 6.07 Å². The molecule has 1 aromatic carbocycles. The zero-order valence-corrected chi connectivity index (χ0v) is 11.8. The molecule has 0 unspecified atom stereocenters. The molecule has 0 bridgehead atoms. The standard InChI is InChI=1S/C15H18F3N3/c1-21(12-6-3-11(20)4-7-12)13-5-2-10(9-19)14(8-13)15(16,17)18/h2,5,8,11-12H,3-4,6-7,20H2,1H3. The number of nitrogens with two attached hydrogens (primary N) is 1. The summed E-state index contributed by atoms with van der Waals surface area (Å²) < 4.78 is 39.0. The monoisotopic (exact) mass is 297 g/mol. The van der Waals surface area contributed by atoms with Gasteiger partial charge in [-0.3, -0.25) is 0 Å². The molecule has 0 spiro atoms. The number of benzene rings is 1. The second-order valence-electron chi connectivity index (χ2n) is 5.52. The van der Waals surface area contributed by atoms with Gasteiger partial charge in [0.15, 0.2) is 0 Å². The Bertz CT molecular complexity index is 540. The number of alkyl halides is 3.